The van der Waals surface area contributed by atoms with Gasteiger partial charge in [0, 0.05) is 12.1 Å². The van der Waals surface area contributed by atoms with Crippen molar-refractivity contribution in [3.8, 4) is 5.75 Å². The van der Waals surface area contributed by atoms with E-state index < -0.39 is 18.0 Å². The van der Waals surface area contributed by atoms with Gasteiger partial charge in [0.05, 0.1) is 7.11 Å². The van der Waals surface area contributed by atoms with Gasteiger partial charge in [-0.2, -0.15) is 0 Å². The quantitative estimate of drug-likeness (QED) is 0.632. The van der Waals surface area contributed by atoms with E-state index in [0.29, 0.717) is 17.9 Å². The molecule has 29 heavy (non-hydrogen) atoms. The van der Waals surface area contributed by atoms with Gasteiger partial charge in [-0.15, -0.1) is 0 Å². The molecule has 0 bridgehead atoms. The summed E-state index contributed by atoms with van der Waals surface area (Å²) in [6, 6.07) is 16.3. The fraction of sp³-hybridized carbons (Fsp3) is 0.318. The Bertz CT molecular complexity index is 821. The van der Waals surface area contributed by atoms with Crippen molar-refractivity contribution in [1.82, 2.24) is 10.6 Å². The van der Waals surface area contributed by atoms with Gasteiger partial charge in [0.15, 0.2) is 6.10 Å². The number of carbonyl (C=O) groups excluding carboxylic acids is 3. The van der Waals surface area contributed by atoms with Gasteiger partial charge in [-0.05, 0) is 42.7 Å². The highest BCUT2D eigenvalue weighted by Gasteiger charge is 2.19. The van der Waals surface area contributed by atoms with Crippen molar-refractivity contribution in [2.75, 3.05) is 20.2 Å². The van der Waals surface area contributed by atoms with Gasteiger partial charge in [0.1, 0.15) is 12.3 Å². The molecule has 0 aliphatic carbocycles. The molecule has 0 aliphatic heterocycles. The van der Waals surface area contributed by atoms with E-state index in [2.05, 4.69) is 10.6 Å². The molecular formula is C22H26N2O5. The fourth-order valence-corrected chi connectivity index (χ4v) is 2.59. The lowest BCUT2D eigenvalue weighted by Crippen LogP contribution is -2.39. The topological polar surface area (TPSA) is 93.7 Å². The number of rotatable bonds is 9. The van der Waals surface area contributed by atoms with Crippen LogP contribution in [-0.4, -0.2) is 44.1 Å². The first kappa shape index (κ1) is 21.9. The molecule has 7 heteroatoms. The summed E-state index contributed by atoms with van der Waals surface area (Å²) < 4.78 is 10.1. The van der Waals surface area contributed by atoms with Crippen LogP contribution < -0.4 is 15.4 Å². The zero-order valence-corrected chi connectivity index (χ0v) is 16.8. The smallest absolute Gasteiger partial charge is 0.326 e. The Morgan fingerprint density at radius 3 is 2.21 bits per heavy atom. The summed E-state index contributed by atoms with van der Waals surface area (Å²) in [6.45, 7) is 3.59. The third-order valence-electron chi connectivity index (χ3n) is 4.37. The zero-order valence-electron chi connectivity index (χ0n) is 16.8. The van der Waals surface area contributed by atoms with Crippen LogP contribution >= 0.6 is 0 Å². The predicted molar refractivity (Wildman–Crippen MR) is 109 cm³/mol. The van der Waals surface area contributed by atoms with E-state index in [1.54, 1.807) is 24.3 Å². The number of benzene rings is 2. The SMILES string of the molecule is COc1ccc(C(=O)NCC(=O)O[C@H](C)C(=O)NC[C@H](C)c2ccccc2)cc1. The van der Waals surface area contributed by atoms with E-state index in [4.69, 9.17) is 9.47 Å². The van der Waals surface area contributed by atoms with E-state index in [0.717, 1.165) is 5.56 Å². The molecule has 0 saturated heterocycles. The molecule has 0 saturated carbocycles. The Kier molecular flexibility index (Phi) is 8.21. The Labute approximate surface area is 170 Å². The lowest BCUT2D eigenvalue weighted by atomic mass is 10.0. The van der Waals surface area contributed by atoms with Gasteiger partial charge >= 0.3 is 5.97 Å². The van der Waals surface area contributed by atoms with E-state index in [1.165, 1.54) is 14.0 Å². The van der Waals surface area contributed by atoms with E-state index in [-0.39, 0.29) is 18.4 Å². The number of hydrogen-bond donors (Lipinski definition) is 2. The summed E-state index contributed by atoms with van der Waals surface area (Å²) in [4.78, 5) is 36.1. The van der Waals surface area contributed by atoms with Crippen LogP contribution in [0.4, 0.5) is 0 Å². The van der Waals surface area contributed by atoms with Crippen molar-refractivity contribution >= 4 is 17.8 Å². The first-order valence-electron chi connectivity index (χ1n) is 9.35. The van der Waals surface area contributed by atoms with Crippen LogP contribution in [0, 0.1) is 0 Å². The van der Waals surface area contributed by atoms with Gasteiger partial charge in [0.2, 0.25) is 0 Å². The second-order valence-electron chi connectivity index (χ2n) is 6.60. The van der Waals surface area contributed by atoms with Crippen molar-refractivity contribution in [2.45, 2.75) is 25.9 Å². The normalized spacial score (nSPS) is 12.4. The summed E-state index contributed by atoms with van der Waals surface area (Å²) in [5.74, 6) is -0.735. The third-order valence-corrected chi connectivity index (χ3v) is 4.37. The van der Waals surface area contributed by atoms with Crippen LogP contribution in [0.2, 0.25) is 0 Å². The highest BCUT2D eigenvalue weighted by atomic mass is 16.5. The van der Waals surface area contributed by atoms with Crippen molar-refractivity contribution in [3.05, 3.63) is 65.7 Å². The number of carbonyl (C=O) groups is 3. The Hall–Kier alpha value is -3.35. The molecule has 154 valence electrons. The number of esters is 1. The molecule has 2 amide bonds. The molecule has 2 aromatic rings. The minimum Gasteiger partial charge on any atom is -0.497 e. The highest BCUT2D eigenvalue weighted by molar-refractivity contribution is 5.96. The number of nitrogens with one attached hydrogen (secondary N) is 2. The van der Waals surface area contributed by atoms with Gasteiger partial charge in [-0.25, -0.2) is 0 Å². The van der Waals surface area contributed by atoms with Crippen LogP contribution in [0.5, 0.6) is 5.75 Å². The first-order valence-corrected chi connectivity index (χ1v) is 9.35. The minimum atomic E-state index is -0.955. The standard InChI is InChI=1S/C22H26N2O5/c1-15(17-7-5-4-6-8-17)13-23-21(26)16(2)29-20(25)14-24-22(27)18-9-11-19(28-3)12-10-18/h4-12,15-16H,13-14H2,1-3H3,(H,23,26)(H,24,27)/t15-,16+/m0/s1. The number of hydrogen-bond acceptors (Lipinski definition) is 5. The predicted octanol–water partition coefficient (Wildman–Crippen LogP) is 2.28. The van der Waals surface area contributed by atoms with E-state index >= 15 is 0 Å². The number of ether oxygens (including phenoxy) is 2. The lowest BCUT2D eigenvalue weighted by molar-refractivity contribution is -0.153. The summed E-state index contributed by atoms with van der Waals surface area (Å²) >= 11 is 0. The minimum absolute atomic E-state index is 0.131. The van der Waals surface area contributed by atoms with Crippen molar-refractivity contribution < 1.29 is 23.9 Å². The molecule has 2 rings (SSSR count). The molecule has 0 spiro atoms. The van der Waals surface area contributed by atoms with Crippen LogP contribution in [0.25, 0.3) is 0 Å². The fourth-order valence-electron chi connectivity index (χ4n) is 2.59. The molecule has 0 fully saturated rings. The molecule has 7 nitrogen and oxygen atoms in total. The van der Waals surface area contributed by atoms with Gasteiger partial charge in [0.25, 0.3) is 11.8 Å². The van der Waals surface area contributed by atoms with Crippen molar-refractivity contribution in [1.29, 1.82) is 0 Å². The summed E-state index contributed by atoms with van der Waals surface area (Å²) in [5, 5.41) is 5.24. The summed E-state index contributed by atoms with van der Waals surface area (Å²) in [5.41, 5.74) is 1.50. The molecule has 2 atom stereocenters. The largest absolute Gasteiger partial charge is 0.497 e. The van der Waals surface area contributed by atoms with Crippen LogP contribution in [0.3, 0.4) is 0 Å². The molecule has 0 heterocycles. The van der Waals surface area contributed by atoms with Gasteiger partial charge < -0.3 is 20.1 Å². The average Bonchev–Trinajstić information content (AvgIpc) is 2.76. The third kappa shape index (κ3) is 6.95. The van der Waals surface area contributed by atoms with Gasteiger partial charge in [-0.1, -0.05) is 37.3 Å². The molecule has 2 N–H and O–H groups in total. The average molecular weight is 398 g/mol. The number of methoxy groups -OCH3 is 1. The Morgan fingerprint density at radius 1 is 0.931 bits per heavy atom. The molecule has 2 aromatic carbocycles. The van der Waals surface area contributed by atoms with Crippen LogP contribution in [0.1, 0.15) is 35.7 Å². The molecular weight excluding hydrogens is 372 g/mol. The molecule has 0 aliphatic rings. The van der Waals surface area contributed by atoms with E-state index in [1.807, 2.05) is 37.3 Å². The van der Waals surface area contributed by atoms with Crippen LogP contribution in [-0.2, 0) is 14.3 Å². The maximum Gasteiger partial charge on any atom is 0.326 e. The Balaban J connectivity index is 1.73. The second-order valence-corrected chi connectivity index (χ2v) is 6.60. The number of amides is 2. The lowest BCUT2D eigenvalue weighted by Gasteiger charge is -2.17. The second kappa shape index (κ2) is 10.8. The Morgan fingerprint density at radius 2 is 1.59 bits per heavy atom. The van der Waals surface area contributed by atoms with Gasteiger partial charge in [-0.3, -0.25) is 14.4 Å². The molecule has 0 aromatic heterocycles. The zero-order chi connectivity index (χ0) is 21.2. The van der Waals surface area contributed by atoms with E-state index in [9.17, 15) is 14.4 Å². The molecule has 0 unspecified atom stereocenters. The highest BCUT2D eigenvalue weighted by Crippen LogP contribution is 2.13. The first-order chi connectivity index (χ1) is 13.9. The maximum absolute atomic E-state index is 12.1. The maximum atomic E-state index is 12.1. The summed E-state index contributed by atoms with van der Waals surface area (Å²) in [6.07, 6.45) is -0.955. The monoisotopic (exact) mass is 398 g/mol. The van der Waals surface area contributed by atoms with Crippen LogP contribution in [0.15, 0.2) is 54.6 Å². The summed E-state index contributed by atoms with van der Waals surface area (Å²) in [7, 11) is 1.53. The molecule has 0 radical (unpaired) electrons. The van der Waals surface area contributed by atoms with Crippen molar-refractivity contribution in [3.63, 3.8) is 0 Å². The van der Waals surface area contributed by atoms with Crippen molar-refractivity contribution in [2.24, 2.45) is 0 Å².